The zero-order valence-corrected chi connectivity index (χ0v) is 20.3. The van der Waals surface area contributed by atoms with E-state index in [9.17, 15) is 9.59 Å². The fraction of sp³-hybridized carbons (Fsp3) is 0.440. The molecule has 5 rings (SSSR count). The lowest BCUT2D eigenvalue weighted by Gasteiger charge is -2.27. The van der Waals surface area contributed by atoms with E-state index in [1.165, 1.54) is 0 Å². The third-order valence-corrected chi connectivity index (χ3v) is 7.61. The summed E-state index contributed by atoms with van der Waals surface area (Å²) in [6.07, 6.45) is 1.96. The number of piperidine rings is 1. The third-order valence-electron chi connectivity index (χ3n) is 6.59. The quantitative estimate of drug-likeness (QED) is 0.600. The van der Waals surface area contributed by atoms with Gasteiger partial charge in [0.1, 0.15) is 11.4 Å². The lowest BCUT2D eigenvalue weighted by Crippen LogP contribution is -2.45. The molecule has 0 radical (unpaired) electrons. The molecular weight excluding hydrogens is 434 g/mol. The monoisotopic (exact) mass is 463 g/mol. The van der Waals surface area contributed by atoms with Crippen LogP contribution in [0.15, 0.2) is 30.3 Å². The Morgan fingerprint density at radius 3 is 2.76 bits per heavy atom. The van der Waals surface area contributed by atoms with Gasteiger partial charge in [-0.15, -0.1) is 11.3 Å². The maximum Gasteiger partial charge on any atom is 0.274 e. The van der Waals surface area contributed by atoms with E-state index >= 15 is 0 Å². The van der Waals surface area contributed by atoms with Crippen molar-refractivity contribution in [3.63, 3.8) is 0 Å². The molecule has 1 aliphatic carbocycles. The fourth-order valence-electron chi connectivity index (χ4n) is 5.00. The Bertz CT molecular complexity index is 1230. The van der Waals surface area contributed by atoms with Crippen LogP contribution in [0.3, 0.4) is 0 Å². The molecule has 3 heterocycles. The number of thiazole rings is 1. The number of aryl methyl sites for hydroxylation is 4. The Morgan fingerprint density at radius 2 is 2.00 bits per heavy atom. The van der Waals surface area contributed by atoms with E-state index < -0.39 is 0 Å². The molecule has 2 amide bonds. The zero-order valence-electron chi connectivity index (χ0n) is 19.5. The van der Waals surface area contributed by atoms with Crippen LogP contribution in [0.4, 0.5) is 0 Å². The topological polar surface area (TPSA) is 80.1 Å². The Morgan fingerprint density at radius 1 is 1.18 bits per heavy atom. The summed E-state index contributed by atoms with van der Waals surface area (Å²) in [5, 5.41) is 8.30. The van der Waals surface area contributed by atoms with E-state index in [2.05, 4.69) is 34.5 Å². The van der Waals surface area contributed by atoms with Gasteiger partial charge in [0.15, 0.2) is 0 Å². The van der Waals surface area contributed by atoms with Gasteiger partial charge < -0.3 is 10.2 Å². The van der Waals surface area contributed by atoms with Crippen LogP contribution in [0.5, 0.6) is 0 Å². The SMILES string of the molecule is CCn1nc(C)cc1C(=O)NC[C@@H]1C[C@@H]2C[C@@H]2N1C(=O)c1nc(C)sc1-c1cccc(C)c1. The van der Waals surface area contributed by atoms with E-state index in [1.807, 2.05) is 37.8 Å². The van der Waals surface area contributed by atoms with Crippen LogP contribution >= 0.6 is 11.3 Å². The predicted molar refractivity (Wildman–Crippen MR) is 128 cm³/mol. The van der Waals surface area contributed by atoms with E-state index in [1.54, 1.807) is 22.1 Å². The molecule has 1 saturated heterocycles. The number of benzene rings is 1. The van der Waals surface area contributed by atoms with Crippen LogP contribution < -0.4 is 5.32 Å². The van der Waals surface area contributed by atoms with Gasteiger partial charge >= 0.3 is 0 Å². The second-order valence-corrected chi connectivity index (χ2v) is 10.3. The first-order valence-electron chi connectivity index (χ1n) is 11.6. The first-order valence-corrected chi connectivity index (χ1v) is 12.4. The standard InChI is InChI=1S/C25H29N5O2S/c1-5-29-21(10-15(3)28-29)24(31)26-13-19-11-18-12-20(18)30(19)25(32)22-23(33-16(4)27-22)17-8-6-7-14(2)9-17/h6-10,18-20H,5,11-13H2,1-4H3,(H,26,31)/t18-,19+,20+/m1/s1. The molecule has 1 N–H and O–H groups in total. The molecule has 0 unspecified atom stereocenters. The minimum Gasteiger partial charge on any atom is -0.349 e. The van der Waals surface area contributed by atoms with Crippen molar-refractivity contribution in [2.24, 2.45) is 5.92 Å². The zero-order chi connectivity index (χ0) is 23.3. The van der Waals surface area contributed by atoms with Gasteiger partial charge in [-0.05, 0) is 58.1 Å². The van der Waals surface area contributed by atoms with Crippen molar-refractivity contribution in [3.8, 4) is 10.4 Å². The summed E-state index contributed by atoms with van der Waals surface area (Å²) in [5.41, 5.74) is 4.11. The van der Waals surface area contributed by atoms with Gasteiger partial charge in [0.25, 0.3) is 11.8 Å². The van der Waals surface area contributed by atoms with Crippen LogP contribution in [0.1, 0.15) is 57.0 Å². The molecule has 2 aliphatic rings. The van der Waals surface area contributed by atoms with Crippen LogP contribution in [0.2, 0.25) is 0 Å². The summed E-state index contributed by atoms with van der Waals surface area (Å²) < 4.78 is 1.71. The molecule has 8 heteroatoms. The summed E-state index contributed by atoms with van der Waals surface area (Å²) in [7, 11) is 0. The highest BCUT2D eigenvalue weighted by atomic mass is 32.1. The Balaban J connectivity index is 1.36. The molecule has 2 fully saturated rings. The van der Waals surface area contributed by atoms with Crippen molar-refractivity contribution in [1.82, 2.24) is 25.0 Å². The van der Waals surface area contributed by atoms with E-state index in [-0.39, 0.29) is 23.9 Å². The smallest absolute Gasteiger partial charge is 0.274 e. The number of nitrogens with zero attached hydrogens (tertiary/aromatic N) is 4. The van der Waals surface area contributed by atoms with Crippen molar-refractivity contribution in [2.45, 2.75) is 59.2 Å². The maximum absolute atomic E-state index is 13.7. The molecule has 1 saturated carbocycles. The molecule has 1 aromatic carbocycles. The molecular formula is C25H29N5O2S. The minimum atomic E-state index is -0.143. The van der Waals surface area contributed by atoms with E-state index in [0.717, 1.165) is 39.5 Å². The summed E-state index contributed by atoms with van der Waals surface area (Å²) in [6, 6.07) is 10.3. The second-order valence-electron chi connectivity index (χ2n) is 9.14. The highest BCUT2D eigenvalue weighted by molar-refractivity contribution is 7.15. The highest BCUT2D eigenvalue weighted by Gasteiger charge is 2.54. The normalized spacial score (nSPS) is 21.2. The molecule has 3 atom stereocenters. The van der Waals surface area contributed by atoms with Crippen LogP contribution in [-0.4, -0.2) is 50.1 Å². The summed E-state index contributed by atoms with van der Waals surface area (Å²) in [6.45, 7) is 8.93. The van der Waals surface area contributed by atoms with Crippen LogP contribution in [0.25, 0.3) is 10.4 Å². The number of nitrogens with one attached hydrogen (secondary N) is 1. The Labute approximate surface area is 197 Å². The van der Waals surface area contributed by atoms with E-state index in [4.69, 9.17) is 0 Å². The van der Waals surface area contributed by atoms with Crippen LogP contribution in [0, 0.1) is 26.7 Å². The average molecular weight is 464 g/mol. The maximum atomic E-state index is 13.7. The number of hydrogen-bond acceptors (Lipinski definition) is 5. The molecule has 7 nitrogen and oxygen atoms in total. The number of hydrogen-bond donors (Lipinski definition) is 1. The predicted octanol–water partition coefficient (Wildman–Crippen LogP) is 3.98. The van der Waals surface area contributed by atoms with Crippen molar-refractivity contribution in [2.75, 3.05) is 6.54 Å². The summed E-state index contributed by atoms with van der Waals surface area (Å²) in [4.78, 5) is 34.1. The molecule has 172 valence electrons. The van der Waals surface area contributed by atoms with Crippen molar-refractivity contribution in [3.05, 3.63) is 58.0 Å². The number of amides is 2. The van der Waals surface area contributed by atoms with Gasteiger partial charge in [-0.2, -0.15) is 5.10 Å². The molecule has 2 aromatic heterocycles. The number of likely N-dealkylation sites (tertiary alicyclic amines) is 1. The molecule has 3 aromatic rings. The third kappa shape index (κ3) is 4.08. The van der Waals surface area contributed by atoms with Crippen LogP contribution in [-0.2, 0) is 6.54 Å². The summed E-state index contributed by atoms with van der Waals surface area (Å²) in [5.74, 6) is 0.367. The van der Waals surface area contributed by atoms with E-state index in [0.29, 0.717) is 30.4 Å². The number of aromatic nitrogens is 3. The molecule has 33 heavy (non-hydrogen) atoms. The number of fused-ring (bicyclic) bond motifs is 1. The highest BCUT2D eigenvalue weighted by Crippen LogP contribution is 2.48. The minimum absolute atomic E-state index is 0.0170. The number of rotatable bonds is 6. The molecule has 0 spiro atoms. The molecule has 1 aliphatic heterocycles. The number of carbonyl (C=O) groups excluding carboxylic acids is 2. The number of carbonyl (C=O) groups is 2. The van der Waals surface area contributed by atoms with Gasteiger partial charge in [0.2, 0.25) is 0 Å². The lowest BCUT2D eigenvalue weighted by molar-refractivity contribution is 0.0684. The van der Waals surface area contributed by atoms with Crippen molar-refractivity contribution in [1.29, 1.82) is 0 Å². The van der Waals surface area contributed by atoms with Crippen molar-refractivity contribution < 1.29 is 9.59 Å². The summed E-state index contributed by atoms with van der Waals surface area (Å²) >= 11 is 1.56. The van der Waals surface area contributed by atoms with Crippen molar-refractivity contribution >= 4 is 23.2 Å². The van der Waals surface area contributed by atoms with Gasteiger partial charge in [-0.1, -0.05) is 29.8 Å². The fourth-order valence-corrected chi connectivity index (χ4v) is 5.91. The first kappa shape index (κ1) is 21.8. The Kier molecular flexibility index (Phi) is 5.56. The average Bonchev–Trinajstić information content (AvgIpc) is 3.11. The molecule has 0 bridgehead atoms. The lowest BCUT2D eigenvalue weighted by atomic mass is 10.1. The second kappa shape index (κ2) is 8.41. The first-order chi connectivity index (χ1) is 15.9. The van der Waals surface area contributed by atoms with Gasteiger partial charge in [-0.3, -0.25) is 14.3 Å². The Hall–Kier alpha value is -3.00. The largest absolute Gasteiger partial charge is 0.349 e. The van der Waals surface area contributed by atoms with Gasteiger partial charge in [0.05, 0.1) is 21.6 Å². The van der Waals surface area contributed by atoms with Gasteiger partial charge in [-0.25, -0.2) is 4.98 Å². The van der Waals surface area contributed by atoms with Gasteiger partial charge in [0, 0.05) is 19.1 Å².